The van der Waals surface area contributed by atoms with Crippen molar-refractivity contribution in [1.29, 1.82) is 0 Å². The van der Waals surface area contributed by atoms with Crippen LogP contribution in [0.3, 0.4) is 0 Å². The second-order valence-corrected chi connectivity index (χ2v) is 9.23. The topological polar surface area (TPSA) is 79.9 Å². The van der Waals surface area contributed by atoms with Gasteiger partial charge in [0.2, 0.25) is 0 Å². The van der Waals surface area contributed by atoms with Gasteiger partial charge in [0.05, 0.1) is 16.9 Å². The Morgan fingerprint density at radius 1 is 1.35 bits per heavy atom. The number of aromatic nitrogens is 2. The van der Waals surface area contributed by atoms with Crippen LogP contribution in [0.1, 0.15) is 16.3 Å². The van der Waals surface area contributed by atoms with Crippen LogP contribution in [-0.4, -0.2) is 36.1 Å². The summed E-state index contributed by atoms with van der Waals surface area (Å²) in [6.07, 6.45) is 1.22. The minimum atomic E-state index is -2.93. The number of hydrogen-bond donors (Lipinski definition) is 1. The van der Waals surface area contributed by atoms with Gasteiger partial charge in [0, 0.05) is 16.9 Å². The number of thioether (sulfide) groups is 1. The Bertz CT molecular complexity index is 790. The third-order valence-electron chi connectivity index (χ3n) is 2.93. The Morgan fingerprint density at radius 2 is 2.05 bits per heavy atom. The normalized spacial score (nSPS) is 12.2. The summed E-state index contributed by atoms with van der Waals surface area (Å²) < 4.78 is 22.1. The third-order valence-corrected chi connectivity index (χ3v) is 6.20. The molecule has 0 aliphatic heterocycles. The maximum Gasteiger partial charge on any atom is 0.259 e. The minimum absolute atomic E-state index is 0.115. The minimum Gasteiger partial charge on any atom is -0.309 e. The zero-order chi connectivity index (χ0) is 14.9. The molecular formula is C12H16N2O3S3. The van der Waals surface area contributed by atoms with Crippen molar-refractivity contribution in [2.24, 2.45) is 0 Å². The van der Waals surface area contributed by atoms with E-state index in [0.29, 0.717) is 22.7 Å². The van der Waals surface area contributed by atoms with Crippen molar-refractivity contribution < 1.29 is 8.42 Å². The Labute approximate surface area is 125 Å². The molecule has 0 unspecified atom stereocenters. The zero-order valence-corrected chi connectivity index (χ0v) is 14.0. The van der Waals surface area contributed by atoms with E-state index in [1.807, 2.05) is 13.8 Å². The molecule has 0 radical (unpaired) electrons. The zero-order valence-electron chi connectivity index (χ0n) is 11.5. The van der Waals surface area contributed by atoms with Crippen LogP contribution in [0, 0.1) is 13.8 Å². The molecule has 2 heterocycles. The lowest BCUT2D eigenvalue weighted by Gasteiger charge is -2.01. The summed E-state index contributed by atoms with van der Waals surface area (Å²) in [7, 11) is -2.93. The Hall–Kier alpha value is -0.860. The van der Waals surface area contributed by atoms with Crippen molar-refractivity contribution in [1.82, 2.24) is 9.97 Å². The van der Waals surface area contributed by atoms with E-state index in [1.54, 1.807) is 0 Å². The Kier molecular flexibility index (Phi) is 4.55. The molecular weight excluding hydrogens is 316 g/mol. The number of nitrogens with zero attached hydrogens (tertiary/aromatic N) is 1. The average Bonchev–Trinajstić information content (AvgIpc) is 2.60. The van der Waals surface area contributed by atoms with Gasteiger partial charge < -0.3 is 4.98 Å². The summed E-state index contributed by atoms with van der Waals surface area (Å²) in [4.78, 5) is 21.1. The van der Waals surface area contributed by atoms with Crippen molar-refractivity contribution in [2.75, 3.05) is 17.8 Å². The van der Waals surface area contributed by atoms with Crippen LogP contribution >= 0.6 is 23.1 Å². The largest absolute Gasteiger partial charge is 0.309 e. The highest BCUT2D eigenvalue weighted by Gasteiger charge is 2.11. The van der Waals surface area contributed by atoms with Crippen LogP contribution in [0.4, 0.5) is 0 Å². The lowest BCUT2D eigenvalue weighted by molar-refractivity contribution is 0.603. The maximum atomic E-state index is 12.0. The van der Waals surface area contributed by atoms with E-state index in [1.165, 1.54) is 29.4 Å². The van der Waals surface area contributed by atoms with Crippen LogP contribution in [-0.2, 0) is 15.6 Å². The van der Waals surface area contributed by atoms with Crippen LogP contribution < -0.4 is 5.56 Å². The molecule has 0 saturated carbocycles. The van der Waals surface area contributed by atoms with E-state index >= 15 is 0 Å². The van der Waals surface area contributed by atoms with E-state index in [4.69, 9.17) is 0 Å². The standard InChI is InChI=1S/C12H16N2O3S3/c1-7-8(2)19-12-10(7)11(15)13-9(14-12)6-18-4-5-20(3,16)17/h4-6H2,1-3H3,(H,13,14,15). The molecule has 5 nitrogen and oxygen atoms in total. The van der Waals surface area contributed by atoms with Gasteiger partial charge in [-0.2, -0.15) is 11.8 Å². The lowest BCUT2D eigenvalue weighted by Crippen LogP contribution is -2.11. The number of thiophene rings is 1. The van der Waals surface area contributed by atoms with Crippen molar-refractivity contribution >= 4 is 43.2 Å². The number of H-pyrrole nitrogens is 1. The fourth-order valence-electron chi connectivity index (χ4n) is 1.75. The number of aromatic amines is 1. The van der Waals surface area contributed by atoms with Gasteiger partial charge in [-0.25, -0.2) is 13.4 Å². The van der Waals surface area contributed by atoms with Gasteiger partial charge in [-0.15, -0.1) is 11.3 Å². The molecule has 0 spiro atoms. The average molecular weight is 332 g/mol. The van der Waals surface area contributed by atoms with Gasteiger partial charge in [0.1, 0.15) is 20.5 Å². The molecule has 0 bridgehead atoms. The molecule has 1 N–H and O–H groups in total. The maximum absolute atomic E-state index is 12.0. The molecule has 2 rings (SSSR count). The number of aryl methyl sites for hydroxylation is 2. The first-order valence-corrected chi connectivity index (χ1v) is 10.1. The van der Waals surface area contributed by atoms with Gasteiger partial charge in [-0.05, 0) is 19.4 Å². The second-order valence-electron chi connectivity index (χ2n) is 4.66. The summed E-state index contributed by atoms with van der Waals surface area (Å²) >= 11 is 2.97. The van der Waals surface area contributed by atoms with Gasteiger partial charge in [-0.3, -0.25) is 4.79 Å². The summed E-state index contributed by atoms with van der Waals surface area (Å²) in [6.45, 7) is 3.90. The summed E-state index contributed by atoms with van der Waals surface area (Å²) in [5, 5.41) is 0.664. The molecule has 2 aromatic heterocycles. The molecule has 0 aromatic carbocycles. The fraction of sp³-hybridized carbons (Fsp3) is 0.500. The number of sulfone groups is 1. The molecule has 0 aliphatic rings. The summed E-state index contributed by atoms with van der Waals surface area (Å²) in [6, 6.07) is 0. The first-order chi connectivity index (χ1) is 9.28. The number of fused-ring (bicyclic) bond motifs is 1. The molecule has 110 valence electrons. The first kappa shape index (κ1) is 15.5. The van der Waals surface area contributed by atoms with E-state index < -0.39 is 9.84 Å². The molecule has 0 fully saturated rings. The van der Waals surface area contributed by atoms with Crippen molar-refractivity contribution in [3.05, 3.63) is 26.6 Å². The van der Waals surface area contributed by atoms with Gasteiger partial charge >= 0.3 is 0 Å². The van der Waals surface area contributed by atoms with Gasteiger partial charge in [-0.1, -0.05) is 0 Å². The van der Waals surface area contributed by atoms with Crippen molar-refractivity contribution in [3.63, 3.8) is 0 Å². The fourth-order valence-corrected chi connectivity index (χ4v) is 4.95. The molecule has 20 heavy (non-hydrogen) atoms. The highest BCUT2D eigenvalue weighted by molar-refractivity contribution is 7.99. The highest BCUT2D eigenvalue weighted by Crippen LogP contribution is 2.26. The number of rotatable bonds is 5. The van der Waals surface area contributed by atoms with Crippen LogP contribution in [0.15, 0.2) is 4.79 Å². The number of nitrogens with one attached hydrogen (secondary N) is 1. The second kappa shape index (κ2) is 5.87. The Balaban J connectivity index is 2.14. The number of hydrogen-bond acceptors (Lipinski definition) is 6. The van der Waals surface area contributed by atoms with Crippen molar-refractivity contribution in [3.8, 4) is 0 Å². The molecule has 0 aliphatic carbocycles. The first-order valence-electron chi connectivity index (χ1n) is 6.02. The Morgan fingerprint density at radius 3 is 2.70 bits per heavy atom. The molecule has 0 amide bonds. The highest BCUT2D eigenvalue weighted by atomic mass is 32.2. The van der Waals surface area contributed by atoms with E-state index in [-0.39, 0.29) is 11.3 Å². The monoisotopic (exact) mass is 332 g/mol. The van der Waals surface area contributed by atoms with E-state index in [2.05, 4.69) is 9.97 Å². The van der Waals surface area contributed by atoms with Gasteiger partial charge in [0.25, 0.3) is 5.56 Å². The van der Waals surface area contributed by atoms with E-state index in [0.717, 1.165) is 15.3 Å². The molecule has 8 heteroatoms. The quantitative estimate of drug-likeness (QED) is 0.846. The van der Waals surface area contributed by atoms with Crippen LogP contribution in [0.25, 0.3) is 10.2 Å². The molecule has 0 atom stereocenters. The lowest BCUT2D eigenvalue weighted by atomic mass is 10.2. The summed E-state index contributed by atoms with van der Waals surface area (Å²) in [5.74, 6) is 1.75. The smallest absolute Gasteiger partial charge is 0.259 e. The third kappa shape index (κ3) is 3.62. The van der Waals surface area contributed by atoms with Crippen molar-refractivity contribution in [2.45, 2.75) is 19.6 Å². The summed E-state index contributed by atoms with van der Waals surface area (Å²) in [5.41, 5.74) is 0.866. The SMILES string of the molecule is Cc1sc2nc(CSCCS(C)(=O)=O)[nH]c(=O)c2c1C. The van der Waals surface area contributed by atoms with Crippen LogP contribution in [0.2, 0.25) is 0 Å². The molecule has 0 saturated heterocycles. The van der Waals surface area contributed by atoms with Crippen LogP contribution in [0.5, 0.6) is 0 Å². The molecule has 2 aromatic rings. The van der Waals surface area contributed by atoms with Gasteiger partial charge in [0.15, 0.2) is 0 Å². The van der Waals surface area contributed by atoms with E-state index in [9.17, 15) is 13.2 Å². The predicted molar refractivity (Wildman–Crippen MR) is 85.6 cm³/mol. The predicted octanol–water partition coefficient (Wildman–Crippen LogP) is 1.88.